The summed E-state index contributed by atoms with van der Waals surface area (Å²) in [6, 6.07) is 3.20. The van der Waals surface area contributed by atoms with Crippen LogP contribution in [0.2, 0.25) is 0 Å². The zero-order valence-corrected chi connectivity index (χ0v) is 28.0. The van der Waals surface area contributed by atoms with E-state index in [0.717, 1.165) is 43.4 Å². The molecule has 0 fully saturated rings. The minimum Gasteiger partial charge on any atom is -0.858 e. The first-order valence-electron chi connectivity index (χ1n) is 13.0. The van der Waals surface area contributed by atoms with Crippen LogP contribution in [-0.4, -0.2) is 80.8 Å². The maximum Gasteiger partial charge on any atom is 0.281 e. The molecule has 0 radical (unpaired) electrons. The van der Waals surface area contributed by atoms with Crippen molar-refractivity contribution < 1.29 is 76.5 Å². The van der Waals surface area contributed by atoms with Crippen molar-refractivity contribution in [3.63, 3.8) is 0 Å². The summed E-state index contributed by atoms with van der Waals surface area (Å²) >= 11 is -3.25. The Balaban J connectivity index is 1.74. The highest BCUT2D eigenvalue weighted by Crippen LogP contribution is 2.35. The van der Waals surface area contributed by atoms with Gasteiger partial charge in [-0.3, -0.25) is 9.59 Å². The van der Waals surface area contributed by atoms with E-state index in [4.69, 9.17) is 0 Å². The average Bonchev–Trinajstić information content (AvgIpc) is 3.51. The van der Waals surface area contributed by atoms with Crippen LogP contribution in [-0.2, 0) is 51.3 Å². The first-order chi connectivity index (χ1) is 23.5. The molecule has 1 aliphatic rings. The van der Waals surface area contributed by atoms with Gasteiger partial charge in [0.05, 0.1) is 31.9 Å². The molecule has 0 saturated heterocycles. The Labute approximate surface area is 288 Å². The molecule has 0 spiro atoms. The van der Waals surface area contributed by atoms with Crippen LogP contribution in [0, 0.1) is 0 Å². The molecule has 270 valence electrons. The number of aromatic carboxylic acids is 1. The lowest BCUT2D eigenvalue weighted by Crippen LogP contribution is -2.24. The molecule has 1 amide bonds. The topological polar surface area (TPSA) is 352 Å². The number of rotatable bonds is 12. The number of allylic oxidation sites excluding steroid dienone is 4. The van der Waals surface area contributed by atoms with Crippen molar-refractivity contribution in [2.24, 2.45) is 5.10 Å². The summed E-state index contributed by atoms with van der Waals surface area (Å²) in [6.45, 7) is 0.982. The van der Waals surface area contributed by atoms with Gasteiger partial charge in [-0.1, -0.05) is 24.3 Å². The van der Waals surface area contributed by atoms with E-state index in [1.165, 1.54) is 0 Å². The molecule has 0 N–H and O–H groups in total. The van der Waals surface area contributed by atoms with E-state index in [0.29, 0.717) is 35.3 Å². The van der Waals surface area contributed by atoms with Crippen molar-refractivity contribution in [2.75, 3.05) is 5.01 Å². The average molecular weight is 783 g/mol. The van der Waals surface area contributed by atoms with Crippen molar-refractivity contribution in [1.82, 2.24) is 9.78 Å². The Hall–Kier alpha value is -5.41. The number of carboxylic acid groups (broad SMARTS) is 1. The van der Waals surface area contributed by atoms with Gasteiger partial charge in [-0.25, -0.2) is 34.1 Å². The smallest absolute Gasteiger partial charge is 0.281 e. The van der Waals surface area contributed by atoms with Crippen molar-refractivity contribution >= 4 is 76.9 Å². The number of Topliss-reactive ketones (excluding diaryl/α,β-unsaturated/α-hetero) is 1. The molecule has 1 aromatic heterocycles. The number of ketones is 1. The summed E-state index contributed by atoms with van der Waals surface area (Å²) in [6.07, 6.45) is 4.82. The number of hydrogen-bond acceptors (Lipinski definition) is 19. The summed E-state index contributed by atoms with van der Waals surface area (Å²) in [4.78, 5) is 34.0. The van der Waals surface area contributed by atoms with E-state index in [1.807, 2.05) is 0 Å². The predicted molar refractivity (Wildman–Crippen MR) is 159 cm³/mol. The molecule has 51 heavy (non-hydrogen) atoms. The number of carbonyl (C=O) groups excluding carboxylic acids is 3. The van der Waals surface area contributed by atoms with E-state index in [2.05, 4.69) is 14.4 Å². The van der Waals surface area contributed by atoms with E-state index in [9.17, 15) is 72.3 Å². The summed E-state index contributed by atoms with van der Waals surface area (Å²) in [7, 11) is -15.9. The molecular formula is C26H14N4O17S4-6. The number of anilines is 1. The number of hydrazone groups is 1. The second-order valence-electron chi connectivity index (χ2n) is 9.62. The number of benzene rings is 2. The molecule has 1 unspecified atom stereocenters. The molecule has 25 heteroatoms. The second kappa shape index (κ2) is 14.1. The van der Waals surface area contributed by atoms with Crippen LogP contribution in [0.3, 0.4) is 0 Å². The zero-order chi connectivity index (χ0) is 38.2. The number of amides is 1. The van der Waals surface area contributed by atoms with E-state index >= 15 is 0 Å². The van der Waals surface area contributed by atoms with Crippen LogP contribution in [0.1, 0.15) is 23.0 Å². The van der Waals surface area contributed by atoms with Gasteiger partial charge in [0.15, 0.2) is 11.5 Å². The second-order valence-corrected chi connectivity index (χ2v) is 14.3. The minimum absolute atomic E-state index is 0.0464. The Morgan fingerprint density at radius 3 is 2.00 bits per heavy atom. The first-order valence-corrected chi connectivity index (χ1v) is 18.2. The number of carboxylic acids is 1. The highest BCUT2D eigenvalue weighted by Gasteiger charge is 2.35. The number of nitrogens with zero attached hydrogens (tertiary/aromatic N) is 4. The van der Waals surface area contributed by atoms with Crippen LogP contribution in [0.15, 0.2) is 86.1 Å². The highest BCUT2D eigenvalue weighted by molar-refractivity contribution is 7.86. The summed E-state index contributed by atoms with van der Waals surface area (Å²) in [5.74, 6) is -6.14. The molecule has 0 aliphatic carbocycles. The number of hydrogen-bond donors (Lipinski definition) is 0. The fourth-order valence-electron chi connectivity index (χ4n) is 4.23. The number of carbonyl (C=O) groups is 3. The largest absolute Gasteiger partial charge is 0.858 e. The maximum atomic E-state index is 13.2. The first kappa shape index (κ1) is 38.4. The molecule has 1 atom stereocenters. The third kappa shape index (κ3) is 8.32. The third-order valence-corrected chi connectivity index (χ3v) is 9.21. The lowest BCUT2D eigenvalue weighted by atomic mass is 10.1. The van der Waals surface area contributed by atoms with Crippen molar-refractivity contribution in [1.29, 1.82) is 0 Å². The predicted octanol–water partition coefficient (Wildman–Crippen LogP) is -2.32. The minimum atomic E-state index is -5.46. The fourth-order valence-corrected chi connectivity index (χ4v) is 6.13. The molecule has 2 aromatic carbocycles. The molecule has 3 aromatic rings. The third-order valence-electron chi connectivity index (χ3n) is 6.35. The van der Waals surface area contributed by atoms with Crippen molar-refractivity contribution in [3.8, 4) is 17.3 Å². The molecule has 0 saturated carbocycles. The monoisotopic (exact) mass is 782 g/mol. The highest BCUT2D eigenvalue weighted by atomic mass is 32.2. The van der Waals surface area contributed by atoms with Gasteiger partial charge >= 0.3 is 0 Å². The van der Waals surface area contributed by atoms with Gasteiger partial charge in [0.1, 0.15) is 58.8 Å². The Morgan fingerprint density at radius 2 is 1.47 bits per heavy atom. The van der Waals surface area contributed by atoms with Gasteiger partial charge in [-0.2, -0.15) is 15.2 Å². The summed E-state index contributed by atoms with van der Waals surface area (Å²) < 4.78 is 131. The quantitative estimate of drug-likeness (QED) is 0.0805. The molecule has 2 heterocycles. The SMILES string of the molecule is CC(=O)C1=NN(c2cc(S(=O)(=O)[O-])ccc2OS(=O)[O-])C(=O)\C1=C/C=C/C=C/c1c(C(=O)[O-])nn(-c2cc(S(=O)(=O)[O-])ccc2S(=O)(=O)[O-])c1[O-]. The van der Waals surface area contributed by atoms with Crippen molar-refractivity contribution in [2.45, 2.75) is 21.6 Å². The van der Waals surface area contributed by atoms with Crippen LogP contribution in [0.25, 0.3) is 11.8 Å². The van der Waals surface area contributed by atoms with Crippen LogP contribution >= 0.6 is 0 Å². The standard InChI is InChI=1S/C26H20N4O17S4/c1-13(31)22-16(24(32)29(27-22)18-11-14(49(38,39)40)7-9-20(18)47-48(36)37)5-3-2-4-6-17-23(26(34)35)28-30(25(17)33)19-12-15(50(41,42)43)8-10-21(19)51(44,45)46/h2-12,33H,1H3,(H,34,35)(H,36,37)(H,38,39,40)(H,41,42,43)(H,44,45,46)/p-6/b3-2+,6-4+,16-5-. The van der Waals surface area contributed by atoms with Gasteiger partial charge in [0.25, 0.3) is 5.91 Å². The van der Waals surface area contributed by atoms with Crippen LogP contribution < -0.4 is 19.4 Å². The van der Waals surface area contributed by atoms with Gasteiger partial charge in [-0.05, 0) is 48.4 Å². The Morgan fingerprint density at radius 1 is 0.882 bits per heavy atom. The maximum absolute atomic E-state index is 13.2. The van der Waals surface area contributed by atoms with Crippen molar-refractivity contribution in [3.05, 3.63) is 77.5 Å². The normalized spacial score (nSPS) is 15.5. The van der Waals surface area contributed by atoms with E-state index < -0.39 is 120 Å². The molecule has 21 nitrogen and oxygen atoms in total. The van der Waals surface area contributed by atoms with Gasteiger partial charge in [0.2, 0.25) is 0 Å². The number of aromatic nitrogens is 2. The Kier molecular flexibility index (Phi) is 10.6. The summed E-state index contributed by atoms with van der Waals surface area (Å²) in [5.41, 5.74) is -4.66. The molecular weight excluding hydrogens is 769 g/mol. The zero-order valence-electron chi connectivity index (χ0n) is 24.7. The van der Waals surface area contributed by atoms with Crippen LogP contribution in [0.5, 0.6) is 11.6 Å². The lowest BCUT2D eigenvalue weighted by molar-refractivity contribution is -0.278. The molecule has 0 bridgehead atoms. The van der Waals surface area contributed by atoms with E-state index in [1.54, 1.807) is 0 Å². The van der Waals surface area contributed by atoms with Crippen LogP contribution in [0.4, 0.5) is 5.69 Å². The Bertz CT molecular complexity index is 2500. The van der Waals surface area contributed by atoms with Gasteiger partial charge in [-0.15, -0.1) is 0 Å². The summed E-state index contributed by atoms with van der Waals surface area (Å²) in [5, 5.41) is 32.4. The molecule has 1 aliphatic heterocycles. The fraction of sp³-hybridized carbons (Fsp3) is 0.0385. The van der Waals surface area contributed by atoms with Gasteiger partial charge < -0.3 is 37.4 Å². The molecule has 4 rings (SSSR count). The van der Waals surface area contributed by atoms with E-state index in [-0.39, 0.29) is 4.68 Å². The lowest BCUT2D eigenvalue weighted by Gasteiger charge is -2.19. The van der Waals surface area contributed by atoms with Gasteiger partial charge in [0, 0.05) is 12.5 Å².